The first-order chi connectivity index (χ1) is 11.0. The van der Waals surface area contributed by atoms with Crippen molar-refractivity contribution in [3.63, 3.8) is 0 Å². The maximum absolute atomic E-state index is 11.7. The maximum atomic E-state index is 11.7. The smallest absolute Gasteiger partial charge is 0.408 e. The quantitative estimate of drug-likeness (QED) is 0.441. The van der Waals surface area contributed by atoms with Gasteiger partial charge in [-0.25, -0.2) is 4.79 Å². The Morgan fingerprint density at radius 1 is 1.52 bits per heavy atom. The van der Waals surface area contributed by atoms with E-state index in [4.69, 9.17) is 19.7 Å². The minimum atomic E-state index is -0.799. The Labute approximate surface area is 139 Å². The van der Waals surface area contributed by atoms with Crippen LogP contribution >= 0.6 is 11.8 Å². The molecular weight excluding hydrogens is 322 g/mol. The number of thioether (sulfide) groups is 1. The molecule has 0 bridgehead atoms. The van der Waals surface area contributed by atoms with Gasteiger partial charge in [-0.05, 0) is 12.8 Å². The summed E-state index contributed by atoms with van der Waals surface area (Å²) in [5.74, 6) is 0.466. The van der Waals surface area contributed by atoms with Crippen molar-refractivity contribution in [2.24, 2.45) is 5.41 Å². The van der Waals surface area contributed by atoms with Crippen LogP contribution in [0.15, 0.2) is 11.0 Å². The zero-order valence-corrected chi connectivity index (χ0v) is 13.9. The molecule has 0 aromatic carbocycles. The molecule has 2 saturated heterocycles. The van der Waals surface area contributed by atoms with Crippen LogP contribution in [0.3, 0.4) is 0 Å². The largest absolute Gasteiger partial charge is 0.465 e. The number of hydrogen-bond donors (Lipinski definition) is 3. The number of aliphatic hydroxyl groups is 2. The lowest BCUT2D eigenvalue weighted by Crippen LogP contribution is -2.32. The molecular formula is C15H23NO6S. The second kappa shape index (κ2) is 8.03. The highest BCUT2D eigenvalue weighted by atomic mass is 32.2. The molecule has 130 valence electrons. The van der Waals surface area contributed by atoms with Crippen molar-refractivity contribution in [2.45, 2.75) is 38.3 Å². The topological polar surface area (TPSA) is 105 Å². The Hall–Kier alpha value is -1.25. The number of alkyl carbamates (subject to hydrolysis) is 1. The van der Waals surface area contributed by atoms with Gasteiger partial charge in [0.15, 0.2) is 6.10 Å². The van der Waals surface area contributed by atoms with Gasteiger partial charge in [-0.3, -0.25) is 4.79 Å². The van der Waals surface area contributed by atoms with Gasteiger partial charge in [-0.2, -0.15) is 0 Å². The number of unbranched alkanes of at least 4 members (excludes halogenated alkanes) is 1. The van der Waals surface area contributed by atoms with E-state index in [1.54, 1.807) is 18.7 Å². The monoisotopic (exact) mass is 345 g/mol. The normalized spacial score (nSPS) is 25.2. The molecule has 2 rings (SSSR count). The van der Waals surface area contributed by atoms with Crippen molar-refractivity contribution in [1.29, 1.82) is 0 Å². The van der Waals surface area contributed by atoms with E-state index in [2.05, 4.69) is 5.32 Å². The summed E-state index contributed by atoms with van der Waals surface area (Å²) in [6, 6.07) is 0.0540. The van der Waals surface area contributed by atoms with Crippen molar-refractivity contribution in [3.8, 4) is 0 Å². The summed E-state index contributed by atoms with van der Waals surface area (Å²) in [5.41, 5.74) is -0.799. The van der Waals surface area contributed by atoms with E-state index in [9.17, 15) is 9.59 Å². The third kappa shape index (κ3) is 4.86. The van der Waals surface area contributed by atoms with Crippen LogP contribution in [0, 0.1) is 5.41 Å². The average Bonchev–Trinajstić information content (AvgIpc) is 3.08. The van der Waals surface area contributed by atoms with Gasteiger partial charge in [-0.1, -0.05) is 13.0 Å². The summed E-state index contributed by atoms with van der Waals surface area (Å²) < 4.78 is 10.3. The molecule has 23 heavy (non-hydrogen) atoms. The first kappa shape index (κ1) is 18.1. The van der Waals surface area contributed by atoms with E-state index in [0.29, 0.717) is 12.8 Å². The number of aliphatic hydroxyl groups excluding tert-OH is 2. The van der Waals surface area contributed by atoms with Crippen molar-refractivity contribution in [1.82, 2.24) is 5.32 Å². The maximum Gasteiger partial charge on any atom is 0.408 e. The third-order valence-corrected chi connectivity index (χ3v) is 5.15. The number of esters is 1. The number of ether oxygens (including phenoxy) is 2. The second-order valence-electron chi connectivity index (χ2n) is 6.17. The van der Waals surface area contributed by atoms with Crippen LogP contribution in [-0.2, 0) is 14.3 Å². The van der Waals surface area contributed by atoms with Crippen LogP contribution in [0.1, 0.15) is 26.2 Å². The summed E-state index contributed by atoms with van der Waals surface area (Å²) in [6.45, 7) is 1.17. The van der Waals surface area contributed by atoms with Crippen LogP contribution in [0.4, 0.5) is 4.79 Å². The standard InChI is InChI=1S/C15H23NO6S/c1-15(7-17,8-18)9-21-12(19)5-3-2-4-11-13-10(6-23-11)16-14(20)22-13/h4,10,13,17-18H,2-3,5-9H2,1H3,(H,16,20)/b11-4-/t10-,13-/m0/s1. The van der Waals surface area contributed by atoms with Gasteiger partial charge in [0.25, 0.3) is 0 Å². The van der Waals surface area contributed by atoms with E-state index in [0.717, 1.165) is 10.7 Å². The highest BCUT2D eigenvalue weighted by Crippen LogP contribution is 2.36. The molecule has 1 amide bonds. The first-order valence-corrected chi connectivity index (χ1v) is 8.63. The van der Waals surface area contributed by atoms with Crippen molar-refractivity contribution < 1.29 is 29.3 Å². The van der Waals surface area contributed by atoms with Gasteiger partial charge < -0.3 is 25.0 Å². The molecule has 7 nitrogen and oxygen atoms in total. The van der Waals surface area contributed by atoms with Crippen molar-refractivity contribution in [3.05, 3.63) is 11.0 Å². The van der Waals surface area contributed by atoms with Gasteiger partial charge in [0.05, 0.1) is 19.3 Å². The van der Waals surface area contributed by atoms with Crippen LogP contribution in [0.5, 0.6) is 0 Å². The lowest BCUT2D eigenvalue weighted by Gasteiger charge is -2.23. The lowest BCUT2D eigenvalue weighted by atomic mass is 9.94. The first-order valence-electron chi connectivity index (χ1n) is 7.65. The number of nitrogens with one attached hydrogen (secondary N) is 1. The molecule has 0 saturated carbocycles. The molecule has 2 heterocycles. The van der Waals surface area contributed by atoms with E-state index >= 15 is 0 Å². The molecule has 2 aliphatic rings. The Bertz CT molecular complexity index is 477. The van der Waals surface area contributed by atoms with Crippen LogP contribution in [-0.4, -0.2) is 60.0 Å². The highest BCUT2D eigenvalue weighted by Gasteiger charge is 2.41. The molecule has 0 unspecified atom stereocenters. The van der Waals surface area contributed by atoms with Crippen LogP contribution < -0.4 is 5.32 Å². The Morgan fingerprint density at radius 3 is 2.96 bits per heavy atom. The number of carbonyl (C=O) groups excluding carboxylic acids is 2. The lowest BCUT2D eigenvalue weighted by molar-refractivity contribution is -0.149. The molecule has 8 heteroatoms. The number of fused-ring (bicyclic) bond motifs is 1. The molecule has 0 spiro atoms. The Morgan fingerprint density at radius 2 is 2.26 bits per heavy atom. The summed E-state index contributed by atoms with van der Waals surface area (Å²) in [4.78, 5) is 23.8. The predicted molar refractivity (Wildman–Crippen MR) is 84.8 cm³/mol. The average molecular weight is 345 g/mol. The fraction of sp³-hybridized carbons (Fsp3) is 0.733. The molecule has 3 N–H and O–H groups in total. The molecule has 0 aromatic rings. The summed E-state index contributed by atoms with van der Waals surface area (Å²) in [5, 5.41) is 21.0. The number of carbonyl (C=O) groups is 2. The molecule has 2 atom stereocenters. The van der Waals surface area contributed by atoms with Crippen molar-refractivity contribution in [2.75, 3.05) is 25.6 Å². The minimum absolute atomic E-state index is 0.00114. The third-order valence-electron chi connectivity index (χ3n) is 3.89. The van der Waals surface area contributed by atoms with Crippen LogP contribution in [0.2, 0.25) is 0 Å². The van der Waals surface area contributed by atoms with Gasteiger partial charge in [0.1, 0.15) is 6.61 Å². The number of allylic oxidation sites excluding steroid dienone is 1. The highest BCUT2D eigenvalue weighted by molar-refractivity contribution is 8.03. The van der Waals surface area contributed by atoms with Crippen LogP contribution in [0.25, 0.3) is 0 Å². The Balaban J connectivity index is 1.66. The number of rotatable bonds is 8. The Kier molecular flexibility index (Phi) is 6.32. The fourth-order valence-corrected chi connectivity index (χ4v) is 3.49. The molecule has 0 aromatic heterocycles. The van der Waals surface area contributed by atoms with E-state index in [1.165, 1.54) is 0 Å². The van der Waals surface area contributed by atoms with E-state index < -0.39 is 5.41 Å². The predicted octanol–water partition coefficient (Wildman–Crippen LogP) is 0.798. The molecule has 2 aliphatic heterocycles. The summed E-state index contributed by atoms with van der Waals surface area (Å²) >= 11 is 1.66. The van der Waals surface area contributed by atoms with Gasteiger partial charge in [0.2, 0.25) is 0 Å². The molecule has 0 aliphatic carbocycles. The zero-order chi connectivity index (χ0) is 16.9. The van der Waals surface area contributed by atoms with Gasteiger partial charge >= 0.3 is 12.1 Å². The van der Waals surface area contributed by atoms with Crippen molar-refractivity contribution >= 4 is 23.8 Å². The van der Waals surface area contributed by atoms with E-state index in [1.807, 2.05) is 6.08 Å². The van der Waals surface area contributed by atoms with Gasteiger partial charge in [-0.15, -0.1) is 11.8 Å². The fourth-order valence-electron chi connectivity index (χ4n) is 2.25. The minimum Gasteiger partial charge on any atom is -0.465 e. The number of amides is 1. The number of hydrogen-bond acceptors (Lipinski definition) is 7. The van der Waals surface area contributed by atoms with E-state index in [-0.39, 0.29) is 50.4 Å². The summed E-state index contributed by atoms with van der Waals surface area (Å²) in [6.07, 6.45) is 3.06. The second-order valence-corrected chi connectivity index (χ2v) is 7.27. The van der Waals surface area contributed by atoms with Gasteiger partial charge in [0, 0.05) is 22.5 Å². The SMILES string of the molecule is CC(CO)(CO)COC(=O)CCC/C=C1\SC[C@@H]2NC(=O)O[C@H]12. The molecule has 0 radical (unpaired) electrons. The molecule has 2 fully saturated rings. The zero-order valence-electron chi connectivity index (χ0n) is 13.1. The summed E-state index contributed by atoms with van der Waals surface area (Å²) in [7, 11) is 0.